The second-order valence-corrected chi connectivity index (χ2v) is 6.32. The summed E-state index contributed by atoms with van der Waals surface area (Å²) in [6.45, 7) is 2.02. The standard InChI is InChI=1S/C17H24N6O3/c1-22(17(24)12-5-4-6-18-10-12)11-16-19-20-21-23(16)13-7-14(25-2)9-15(8-13)26-3/h7-9,12,18H,4-6,10-11H2,1-3H3. The number of nitrogens with zero attached hydrogens (tertiary/aromatic N) is 5. The molecule has 1 aromatic heterocycles. The Morgan fingerprint density at radius 3 is 2.65 bits per heavy atom. The van der Waals surface area contributed by atoms with Crippen molar-refractivity contribution in [2.45, 2.75) is 19.4 Å². The molecule has 0 saturated carbocycles. The second kappa shape index (κ2) is 8.13. The molecule has 140 valence electrons. The Bertz CT molecular complexity index is 734. The summed E-state index contributed by atoms with van der Waals surface area (Å²) in [4.78, 5) is 14.3. The van der Waals surface area contributed by atoms with Gasteiger partial charge in [0.15, 0.2) is 5.82 Å². The molecule has 1 aromatic carbocycles. The van der Waals surface area contributed by atoms with Crippen molar-refractivity contribution in [3.05, 3.63) is 24.0 Å². The summed E-state index contributed by atoms with van der Waals surface area (Å²) in [6, 6.07) is 5.41. The topological polar surface area (TPSA) is 94.4 Å². The summed E-state index contributed by atoms with van der Waals surface area (Å²) in [7, 11) is 4.95. The van der Waals surface area contributed by atoms with Gasteiger partial charge in [-0.15, -0.1) is 5.10 Å². The maximum atomic E-state index is 12.6. The number of aromatic nitrogens is 4. The lowest BCUT2D eigenvalue weighted by atomic mass is 9.98. The van der Waals surface area contributed by atoms with Crippen molar-refractivity contribution in [2.24, 2.45) is 5.92 Å². The minimum Gasteiger partial charge on any atom is -0.497 e. The van der Waals surface area contributed by atoms with Crippen molar-refractivity contribution in [3.8, 4) is 17.2 Å². The van der Waals surface area contributed by atoms with Crippen LogP contribution in [0.15, 0.2) is 18.2 Å². The van der Waals surface area contributed by atoms with Crippen LogP contribution < -0.4 is 14.8 Å². The number of hydrogen-bond acceptors (Lipinski definition) is 7. The first kappa shape index (κ1) is 18.1. The summed E-state index contributed by atoms with van der Waals surface area (Å²) >= 11 is 0. The van der Waals surface area contributed by atoms with Crippen molar-refractivity contribution in [2.75, 3.05) is 34.4 Å². The number of hydrogen-bond donors (Lipinski definition) is 1. The van der Waals surface area contributed by atoms with E-state index in [1.165, 1.54) is 0 Å². The van der Waals surface area contributed by atoms with E-state index >= 15 is 0 Å². The lowest BCUT2D eigenvalue weighted by Gasteiger charge is -2.26. The summed E-state index contributed by atoms with van der Waals surface area (Å²) in [5.41, 5.74) is 0.710. The predicted molar refractivity (Wildman–Crippen MR) is 94.3 cm³/mol. The summed E-state index contributed by atoms with van der Waals surface area (Å²) in [6.07, 6.45) is 1.93. The number of amides is 1. The summed E-state index contributed by atoms with van der Waals surface area (Å²) in [5.74, 6) is 1.96. The molecule has 1 atom stereocenters. The van der Waals surface area contributed by atoms with Crippen molar-refractivity contribution in [1.29, 1.82) is 0 Å². The lowest BCUT2D eigenvalue weighted by Crippen LogP contribution is -2.41. The molecule has 1 N–H and O–H groups in total. The minimum atomic E-state index is 0.00925. The third-order valence-electron chi connectivity index (χ3n) is 4.52. The molecule has 26 heavy (non-hydrogen) atoms. The normalized spacial score (nSPS) is 17.0. The highest BCUT2D eigenvalue weighted by atomic mass is 16.5. The molecule has 0 bridgehead atoms. The zero-order chi connectivity index (χ0) is 18.5. The van der Waals surface area contributed by atoms with E-state index < -0.39 is 0 Å². The van der Waals surface area contributed by atoms with Gasteiger partial charge >= 0.3 is 0 Å². The third-order valence-corrected chi connectivity index (χ3v) is 4.52. The lowest BCUT2D eigenvalue weighted by molar-refractivity contribution is -0.135. The molecule has 1 fully saturated rings. The zero-order valence-corrected chi connectivity index (χ0v) is 15.3. The Balaban J connectivity index is 1.79. The van der Waals surface area contributed by atoms with E-state index in [0.29, 0.717) is 29.6 Å². The molecule has 2 aromatic rings. The van der Waals surface area contributed by atoms with Gasteiger partial charge in [-0.1, -0.05) is 0 Å². The maximum Gasteiger partial charge on any atom is 0.227 e. The number of nitrogens with one attached hydrogen (secondary N) is 1. The van der Waals surface area contributed by atoms with Crippen LogP contribution in [0.25, 0.3) is 5.69 Å². The first-order valence-electron chi connectivity index (χ1n) is 8.58. The first-order chi connectivity index (χ1) is 12.6. The molecule has 1 aliphatic rings. The van der Waals surface area contributed by atoms with Crippen LogP contribution in [0.2, 0.25) is 0 Å². The Morgan fingerprint density at radius 2 is 2.04 bits per heavy atom. The van der Waals surface area contributed by atoms with E-state index in [1.807, 2.05) is 12.1 Å². The van der Waals surface area contributed by atoms with Gasteiger partial charge in [0.2, 0.25) is 5.91 Å². The quantitative estimate of drug-likeness (QED) is 0.808. The van der Waals surface area contributed by atoms with Gasteiger partial charge in [-0.05, 0) is 29.8 Å². The van der Waals surface area contributed by atoms with Gasteiger partial charge in [0, 0.05) is 31.8 Å². The number of rotatable bonds is 6. The van der Waals surface area contributed by atoms with E-state index in [2.05, 4.69) is 20.8 Å². The number of tetrazole rings is 1. The Morgan fingerprint density at radius 1 is 1.31 bits per heavy atom. The van der Waals surface area contributed by atoms with E-state index in [1.54, 1.807) is 36.9 Å². The van der Waals surface area contributed by atoms with E-state index in [4.69, 9.17) is 9.47 Å². The summed E-state index contributed by atoms with van der Waals surface area (Å²) in [5, 5.41) is 15.2. The molecule has 0 radical (unpaired) electrons. The molecule has 1 amide bonds. The van der Waals surface area contributed by atoms with Gasteiger partial charge in [0.1, 0.15) is 11.5 Å². The monoisotopic (exact) mass is 360 g/mol. The molecular formula is C17H24N6O3. The number of piperidine rings is 1. The molecule has 0 spiro atoms. The van der Waals surface area contributed by atoms with Gasteiger partial charge in [-0.2, -0.15) is 4.68 Å². The largest absolute Gasteiger partial charge is 0.497 e. The zero-order valence-electron chi connectivity index (χ0n) is 15.3. The number of carbonyl (C=O) groups is 1. The van der Waals surface area contributed by atoms with Crippen LogP contribution in [-0.4, -0.2) is 65.4 Å². The van der Waals surface area contributed by atoms with Crippen LogP contribution in [0.1, 0.15) is 18.7 Å². The SMILES string of the molecule is COc1cc(OC)cc(-n2nnnc2CN(C)C(=O)C2CCCNC2)c1. The van der Waals surface area contributed by atoms with Gasteiger partial charge in [0.05, 0.1) is 32.4 Å². The van der Waals surface area contributed by atoms with Gasteiger partial charge < -0.3 is 19.7 Å². The van der Waals surface area contributed by atoms with Crippen LogP contribution in [0, 0.1) is 5.92 Å². The van der Waals surface area contributed by atoms with E-state index in [-0.39, 0.29) is 11.8 Å². The molecule has 1 saturated heterocycles. The fourth-order valence-electron chi connectivity index (χ4n) is 3.08. The number of ether oxygens (including phenoxy) is 2. The average molecular weight is 360 g/mol. The number of methoxy groups -OCH3 is 2. The fourth-order valence-corrected chi connectivity index (χ4v) is 3.08. The minimum absolute atomic E-state index is 0.00925. The predicted octanol–water partition coefficient (Wildman–Crippen LogP) is 0.638. The van der Waals surface area contributed by atoms with Crippen LogP contribution in [-0.2, 0) is 11.3 Å². The number of benzene rings is 1. The van der Waals surface area contributed by atoms with Crippen LogP contribution in [0.5, 0.6) is 11.5 Å². The Kier molecular flexibility index (Phi) is 5.67. The van der Waals surface area contributed by atoms with Crippen LogP contribution in [0.3, 0.4) is 0 Å². The van der Waals surface area contributed by atoms with E-state index in [9.17, 15) is 4.79 Å². The van der Waals surface area contributed by atoms with Gasteiger partial charge in [-0.25, -0.2) is 0 Å². The van der Waals surface area contributed by atoms with Crippen molar-refractivity contribution in [1.82, 2.24) is 30.4 Å². The first-order valence-corrected chi connectivity index (χ1v) is 8.58. The van der Waals surface area contributed by atoms with Crippen LogP contribution in [0.4, 0.5) is 0 Å². The Hall–Kier alpha value is -2.68. The van der Waals surface area contributed by atoms with Crippen molar-refractivity contribution < 1.29 is 14.3 Å². The molecular weight excluding hydrogens is 336 g/mol. The Labute approximate surface area is 152 Å². The second-order valence-electron chi connectivity index (χ2n) is 6.32. The molecule has 0 aliphatic carbocycles. The average Bonchev–Trinajstić information content (AvgIpc) is 3.15. The van der Waals surface area contributed by atoms with Gasteiger partial charge in [0.25, 0.3) is 0 Å². The highest BCUT2D eigenvalue weighted by molar-refractivity contribution is 5.78. The molecule has 9 nitrogen and oxygen atoms in total. The highest BCUT2D eigenvalue weighted by Crippen LogP contribution is 2.25. The number of carbonyl (C=O) groups excluding carboxylic acids is 1. The molecule has 1 unspecified atom stereocenters. The third kappa shape index (κ3) is 3.93. The van der Waals surface area contributed by atoms with Gasteiger partial charge in [-0.3, -0.25) is 4.79 Å². The molecule has 1 aliphatic heterocycles. The molecule has 3 rings (SSSR count). The smallest absolute Gasteiger partial charge is 0.227 e. The fraction of sp³-hybridized carbons (Fsp3) is 0.529. The van der Waals surface area contributed by atoms with Crippen molar-refractivity contribution in [3.63, 3.8) is 0 Å². The molecule has 2 heterocycles. The van der Waals surface area contributed by atoms with Crippen LogP contribution >= 0.6 is 0 Å². The van der Waals surface area contributed by atoms with E-state index in [0.717, 1.165) is 25.9 Å². The highest BCUT2D eigenvalue weighted by Gasteiger charge is 2.25. The summed E-state index contributed by atoms with van der Waals surface area (Å²) < 4.78 is 12.2. The molecule has 9 heteroatoms. The van der Waals surface area contributed by atoms with Crippen molar-refractivity contribution >= 4 is 5.91 Å². The maximum absolute atomic E-state index is 12.6.